The quantitative estimate of drug-likeness (QED) is 0.218. The van der Waals surface area contributed by atoms with Crippen molar-refractivity contribution in [3.63, 3.8) is 0 Å². The van der Waals surface area contributed by atoms with Crippen molar-refractivity contribution in [2.75, 3.05) is 17.7 Å². The molecule has 43 heavy (non-hydrogen) atoms. The lowest BCUT2D eigenvalue weighted by Crippen LogP contribution is -2.43. The molecule has 1 fully saturated rings. The van der Waals surface area contributed by atoms with E-state index in [4.69, 9.17) is 0 Å². The number of anilines is 4. The number of benzene rings is 2. The molecule has 0 radical (unpaired) electrons. The van der Waals surface area contributed by atoms with Gasteiger partial charge in [-0.05, 0) is 93.6 Å². The van der Waals surface area contributed by atoms with Gasteiger partial charge in [-0.3, -0.25) is 0 Å². The zero-order valence-electron chi connectivity index (χ0n) is 25.0. The predicted molar refractivity (Wildman–Crippen MR) is 169 cm³/mol. The first-order chi connectivity index (χ1) is 20.6. The fraction of sp³-hybridized carbons (Fsp3) is 0.344. The summed E-state index contributed by atoms with van der Waals surface area (Å²) in [5, 5.41) is 19.3. The van der Waals surface area contributed by atoms with Crippen LogP contribution in [0.2, 0.25) is 0 Å². The van der Waals surface area contributed by atoms with E-state index < -0.39 is 10.0 Å². The molecular formula is C32H38N8O2S. The Morgan fingerprint density at radius 2 is 1.63 bits per heavy atom. The summed E-state index contributed by atoms with van der Waals surface area (Å²) in [7, 11) is -0.0635. The molecule has 0 atom stereocenters. The van der Waals surface area contributed by atoms with E-state index in [-0.39, 0.29) is 10.9 Å². The van der Waals surface area contributed by atoms with Gasteiger partial charge in [-0.15, -0.1) is 0 Å². The van der Waals surface area contributed by atoms with Crippen LogP contribution >= 0.6 is 0 Å². The summed E-state index contributed by atoms with van der Waals surface area (Å²) in [6, 6.07) is 20.9. The van der Waals surface area contributed by atoms with E-state index in [1.54, 1.807) is 43.6 Å². The minimum Gasteiger partial charge on any atom is -0.340 e. The average molecular weight is 599 g/mol. The fourth-order valence-electron chi connectivity index (χ4n) is 5.42. The molecule has 0 bridgehead atoms. The number of hydrogen-bond acceptors (Lipinski definition) is 8. The van der Waals surface area contributed by atoms with E-state index in [9.17, 15) is 13.7 Å². The van der Waals surface area contributed by atoms with Crippen molar-refractivity contribution < 1.29 is 8.42 Å². The maximum absolute atomic E-state index is 13.5. The molecule has 0 unspecified atom stereocenters. The van der Waals surface area contributed by atoms with Crippen molar-refractivity contribution in [1.29, 1.82) is 5.26 Å². The molecule has 2 heterocycles. The van der Waals surface area contributed by atoms with Gasteiger partial charge in [-0.25, -0.2) is 13.4 Å². The van der Waals surface area contributed by atoms with Gasteiger partial charge in [-0.1, -0.05) is 17.7 Å². The number of aryl methyl sites for hydroxylation is 1. The van der Waals surface area contributed by atoms with Gasteiger partial charge in [0, 0.05) is 56.0 Å². The molecule has 0 spiro atoms. The van der Waals surface area contributed by atoms with Crippen LogP contribution < -0.4 is 16.0 Å². The second-order valence-electron chi connectivity index (χ2n) is 11.1. The van der Waals surface area contributed by atoms with Gasteiger partial charge in [0.1, 0.15) is 17.6 Å². The Morgan fingerprint density at radius 3 is 2.28 bits per heavy atom. The minimum atomic E-state index is -3.65. The van der Waals surface area contributed by atoms with Crippen LogP contribution in [0.5, 0.6) is 0 Å². The summed E-state index contributed by atoms with van der Waals surface area (Å²) in [4.78, 5) is 9.06. The van der Waals surface area contributed by atoms with Crippen molar-refractivity contribution in [3.05, 3.63) is 89.4 Å². The summed E-state index contributed by atoms with van der Waals surface area (Å²) in [6.07, 6.45) is 5.02. The molecule has 0 amide bonds. The highest BCUT2D eigenvalue weighted by Gasteiger charge is 2.31. The zero-order valence-corrected chi connectivity index (χ0v) is 25.8. The number of aromatic nitrogens is 3. The molecule has 3 N–H and O–H groups in total. The highest BCUT2D eigenvalue weighted by atomic mass is 32.2. The first-order valence-electron chi connectivity index (χ1n) is 14.4. The standard InChI is InChI=1S/C32H38N8O2S/c1-22-5-7-26(8-6-22)36-31-17-18-34-32(38-31)37-27-11-15-30(16-12-27)43(41,42)40(4)28-13-9-25(10-14-28)35-21-24-19-29(20-33)39(3)23(24)2/h5-8,11-12,15-19,25,28,35H,9-10,13-14,21H2,1-4H3,(H2,34,36,37,38). The van der Waals surface area contributed by atoms with Gasteiger partial charge >= 0.3 is 0 Å². The highest BCUT2D eigenvalue weighted by Crippen LogP contribution is 2.28. The van der Waals surface area contributed by atoms with Crippen LogP contribution in [0.3, 0.4) is 0 Å². The number of hydrogen-bond donors (Lipinski definition) is 3. The fourth-order valence-corrected chi connectivity index (χ4v) is 6.84. The van der Waals surface area contributed by atoms with Crippen molar-refractivity contribution in [1.82, 2.24) is 24.2 Å². The Bertz CT molecular complexity index is 1700. The number of nitriles is 1. The van der Waals surface area contributed by atoms with E-state index in [0.717, 1.165) is 42.6 Å². The Morgan fingerprint density at radius 1 is 0.977 bits per heavy atom. The minimum absolute atomic E-state index is 0.0540. The third-order valence-corrected chi connectivity index (χ3v) is 10.2. The van der Waals surface area contributed by atoms with Crippen molar-refractivity contribution in [3.8, 4) is 6.07 Å². The monoisotopic (exact) mass is 598 g/mol. The summed E-state index contributed by atoms with van der Waals surface area (Å²) < 4.78 is 30.4. The van der Waals surface area contributed by atoms with E-state index in [2.05, 4.69) is 32.0 Å². The summed E-state index contributed by atoms with van der Waals surface area (Å²) in [6.45, 7) is 4.76. The second-order valence-corrected chi connectivity index (χ2v) is 13.1. The van der Waals surface area contributed by atoms with E-state index in [1.807, 2.05) is 55.8 Å². The first-order valence-corrected chi connectivity index (χ1v) is 15.9. The van der Waals surface area contributed by atoms with Crippen molar-refractivity contribution in [2.45, 2.75) is 63.1 Å². The van der Waals surface area contributed by atoms with E-state index in [0.29, 0.717) is 35.7 Å². The molecule has 0 aliphatic heterocycles. The second kappa shape index (κ2) is 13.0. The van der Waals surface area contributed by atoms with Gasteiger partial charge in [0.25, 0.3) is 0 Å². The van der Waals surface area contributed by atoms with E-state index in [1.165, 1.54) is 9.87 Å². The lowest BCUT2D eigenvalue weighted by atomic mass is 9.91. The molecular weight excluding hydrogens is 560 g/mol. The molecule has 1 aliphatic carbocycles. The SMILES string of the molecule is Cc1ccc(Nc2ccnc(Nc3ccc(S(=O)(=O)N(C)C4CCC(NCc5cc(C#N)n(C)c5C)CC4)cc3)n2)cc1. The largest absolute Gasteiger partial charge is 0.340 e. The van der Waals surface area contributed by atoms with Gasteiger partial charge < -0.3 is 20.5 Å². The van der Waals surface area contributed by atoms with Crippen LogP contribution in [0.4, 0.5) is 23.1 Å². The number of nitrogens with one attached hydrogen (secondary N) is 3. The van der Waals surface area contributed by atoms with Crippen LogP contribution in [-0.2, 0) is 23.6 Å². The lowest BCUT2D eigenvalue weighted by Gasteiger charge is -2.34. The molecule has 224 valence electrons. The van der Waals surface area contributed by atoms with Crippen LogP contribution in [0.15, 0.2) is 71.8 Å². The molecule has 0 saturated heterocycles. The molecule has 1 aliphatic rings. The number of rotatable bonds is 10. The van der Waals surface area contributed by atoms with Crippen molar-refractivity contribution in [2.24, 2.45) is 7.05 Å². The van der Waals surface area contributed by atoms with Crippen LogP contribution in [0.1, 0.15) is 48.2 Å². The average Bonchev–Trinajstić information content (AvgIpc) is 3.29. The van der Waals surface area contributed by atoms with Gasteiger partial charge in [0.2, 0.25) is 16.0 Å². The third kappa shape index (κ3) is 7.05. The lowest BCUT2D eigenvalue weighted by molar-refractivity contribution is 0.248. The Hall–Kier alpha value is -4.24. The predicted octanol–water partition coefficient (Wildman–Crippen LogP) is 5.51. The number of nitrogens with zero attached hydrogens (tertiary/aromatic N) is 5. The summed E-state index contributed by atoms with van der Waals surface area (Å²) in [5.74, 6) is 1.05. The van der Waals surface area contributed by atoms with Crippen LogP contribution in [0.25, 0.3) is 0 Å². The molecule has 10 nitrogen and oxygen atoms in total. The maximum Gasteiger partial charge on any atom is 0.243 e. The van der Waals surface area contributed by atoms with Crippen LogP contribution in [0, 0.1) is 25.2 Å². The van der Waals surface area contributed by atoms with E-state index >= 15 is 0 Å². The third-order valence-electron chi connectivity index (χ3n) is 8.31. The highest BCUT2D eigenvalue weighted by molar-refractivity contribution is 7.89. The maximum atomic E-state index is 13.5. The Kier molecular flexibility index (Phi) is 9.11. The molecule has 2 aromatic heterocycles. The molecule has 2 aromatic carbocycles. The van der Waals surface area contributed by atoms with Gasteiger partial charge in [-0.2, -0.15) is 14.6 Å². The van der Waals surface area contributed by atoms with Gasteiger partial charge in [0.15, 0.2) is 0 Å². The van der Waals surface area contributed by atoms with Crippen LogP contribution in [-0.4, -0.2) is 46.4 Å². The molecule has 5 rings (SSSR count). The molecule has 11 heteroatoms. The molecule has 4 aromatic rings. The van der Waals surface area contributed by atoms with Crippen molar-refractivity contribution >= 4 is 33.2 Å². The number of sulfonamides is 1. The van der Waals surface area contributed by atoms with Gasteiger partial charge in [0.05, 0.1) is 4.90 Å². The topological polar surface area (TPSA) is 128 Å². The normalized spacial score (nSPS) is 17.0. The summed E-state index contributed by atoms with van der Waals surface area (Å²) in [5.41, 5.74) is 5.66. The Balaban J connectivity index is 1.15. The molecule has 1 saturated carbocycles. The Labute approximate surface area is 253 Å². The summed E-state index contributed by atoms with van der Waals surface area (Å²) >= 11 is 0. The zero-order chi connectivity index (χ0) is 30.6. The first kappa shape index (κ1) is 30.2. The smallest absolute Gasteiger partial charge is 0.243 e.